The first-order chi connectivity index (χ1) is 9.63. The largest absolute Gasteiger partial charge is 0.495 e. The van der Waals surface area contributed by atoms with Crippen LogP contribution in [0.3, 0.4) is 0 Å². The number of aryl methyl sites for hydroxylation is 1. The topological polar surface area (TPSA) is 64.4 Å². The average Bonchev–Trinajstić information content (AvgIpc) is 2.93. The predicted molar refractivity (Wildman–Crippen MR) is 82.3 cm³/mol. The molecule has 0 fully saturated rings. The van der Waals surface area contributed by atoms with Gasteiger partial charge in [0.1, 0.15) is 5.75 Å². The number of thiophene rings is 1. The molecule has 1 amide bonds. The van der Waals surface area contributed by atoms with Crippen molar-refractivity contribution in [2.75, 3.05) is 12.8 Å². The quantitative estimate of drug-likeness (QED) is 0.832. The Morgan fingerprint density at radius 3 is 2.70 bits per heavy atom. The molecule has 106 valence electrons. The Hall–Kier alpha value is -2.01. The van der Waals surface area contributed by atoms with Gasteiger partial charge in [-0.3, -0.25) is 4.79 Å². The van der Waals surface area contributed by atoms with Crippen LogP contribution < -0.4 is 15.8 Å². The fourth-order valence-corrected chi connectivity index (χ4v) is 2.73. The summed E-state index contributed by atoms with van der Waals surface area (Å²) in [5, 5.41) is 2.90. The van der Waals surface area contributed by atoms with Gasteiger partial charge in [-0.05, 0) is 36.8 Å². The number of hydrogen-bond donors (Lipinski definition) is 2. The van der Waals surface area contributed by atoms with Gasteiger partial charge in [-0.2, -0.15) is 0 Å². The summed E-state index contributed by atoms with van der Waals surface area (Å²) in [6.45, 7) is 2.66. The summed E-state index contributed by atoms with van der Waals surface area (Å²) < 4.78 is 5.11. The second-order valence-corrected chi connectivity index (χ2v) is 5.61. The summed E-state index contributed by atoms with van der Waals surface area (Å²) in [6, 6.07) is 9.16. The van der Waals surface area contributed by atoms with Crippen LogP contribution in [-0.4, -0.2) is 13.0 Å². The summed E-state index contributed by atoms with van der Waals surface area (Å²) in [5.41, 5.74) is 6.80. The van der Waals surface area contributed by atoms with E-state index in [-0.39, 0.29) is 5.91 Å². The minimum atomic E-state index is -0.130. The van der Waals surface area contributed by atoms with Crippen molar-refractivity contribution in [3.63, 3.8) is 0 Å². The Labute approximate surface area is 122 Å². The lowest BCUT2D eigenvalue weighted by atomic mass is 10.2. The van der Waals surface area contributed by atoms with Crippen molar-refractivity contribution < 1.29 is 9.53 Å². The highest BCUT2D eigenvalue weighted by Crippen LogP contribution is 2.22. The number of nitrogen functional groups attached to an aromatic ring is 1. The number of nitrogens with one attached hydrogen (secondary N) is 1. The maximum absolute atomic E-state index is 12.1. The van der Waals surface area contributed by atoms with Gasteiger partial charge in [-0.25, -0.2) is 0 Å². The summed E-state index contributed by atoms with van der Waals surface area (Å²) in [5.74, 6) is 0.386. The van der Waals surface area contributed by atoms with Gasteiger partial charge in [0.15, 0.2) is 0 Å². The van der Waals surface area contributed by atoms with E-state index in [4.69, 9.17) is 10.5 Å². The third-order valence-electron chi connectivity index (χ3n) is 2.98. The number of benzene rings is 1. The molecule has 0 aliphatic rings. The molecule has 1 heterocycles. The Morgan fingerprint density at radius 1 is 1.30 bits per heavy atom. The summed E-state index contributed by atoms with van der Waals surface area (Å²) in [6.07, 6.45) is 1.02. The molecule has 0 bridgehead atoms. The van der Waals surface area contributed by atoms with E-state index in [1.807, 2.05) is 6.07 Å². The molecule has 0 spiro atoms. The Kier molecular flexibility index (Phi) is 4.63. The van der Waals surface area contributed by atoms with E-state index < -0.39 is 0 Å². The molecular weight excluding hydrogens is 272 g/mol. The fourth-order valence-electron chi connectivity index (χ4n) is 1.83. The first kappa shape index (κ1) is 14.4. The second-order valence-electron chi connectivity index (χ2n) is 4.36. The van der Waals surface area contributed by atoms with Crippen LogP contribution in [0.25, 0.3) is 0 Å². The zero-order valence-electron chi connectivity index (χ0n) is 11.6. The zero-order valence-corrected chi connectivity index (χ0v) is 12.4. The lowest BCUT2D eigenvalue weighted by molar-refractivity contribution is 0.0951. The van der Waals surface area contributed by atoms with E-state index >= 15 is 0 Å². The molecule has 3 N–H and O–H groups in total. The number of nitrogens with two attached hydrogens (primary N) is 1. The third kappa shape index (κ3) is 3.30. The SMILES string of the molecule is CCc1ccc(CNC(=O)c2ccc(N)c(OC)c2)s1. The predicted octanol–water partition coefficient (Wildman–Crippen LogP) is 2.83. The van der Waals surface area contributed by atoms with Gasteiger partial charge < -0.3 is 15.8 Å². The first-order valence-corrected chi connectivity index (χ1v) is 7.25. The van der Waals surface area contributed by atoms with Crippen LogP contribution in [0.5, 0.6) is 5.75 Å². The van der Waals surface area contributed by atoms with Crippen LogP contribution in [0.15, 0.2) is 30.3 Å². The molecule has 0 atom stereocenters. The third-order valence-corrected chi connectivity index (χ3v) is 4.21. The standard InChI is InChI=1S/C15H18N2O2S/c1-3-11-5-6-12(20-11)9-17-15(18)10-4-7-13(16)14(8-10)19-2/h4-8H,3,9,16H2,1-2H3,(H,17,18). The average molecular weight is 290 g/mol. The van der Waals surface area contributed by atoms with Crippen molar-refractivity contribution in [2.24, 2.45) is 0 Å². The Balaban J connectivity index is 2.01. The van der Waals surface area contributed by atoms with Crippen molar-refractivity contribution in [1.82, 2.24) is 5.32 Å². The summed E-state index contributed by atoms with van der Waals surface area (Å²) in [4.78, 5) is 14.5. The van der Waals surface area contributed by atoms with Crippen LogP contribution in [0.4, 0.5) is 5.69 Å². The Morgan fingerprint density at radius 2 is 2.05 bits per heavy atom. The highest BCUT2D eigenvalue weighted by Gasteiger charge is 2.09. The van der Waals surface area contributed by atoms with Crippen LogP contribution in [-0.2, 0) is 13.0 Å². The molecule has 1 aromatic heterocycles. The number of ether oxygens (including phenoxy) is 1. The number of methoxy groups -OCH3 is 1. The van der Waals surface area contributed by atoms with E-state index in [2.05, 4.69) is 18.3 Å². The zero-order chi connectivity index (χ0) is 14.5. The molecule has 0 saturated carbocycles. The van der Waals surface area contributed by atoms with E-state index in [0.29, 0.717) is 23.5 Å². The van der Waals surface area contributed by atoms with Gasteiger partial charge >= 0.3 is 0 Å². The van der Waals surface area contributed by atoms with Crippen LogP contribution in [0.2, 0.25) is 0 Å². The molecule has 0 saturated heterocycles. The van der Waals surface area contributed by atoms with Gasteiger partial charge in [-0.15, -0.1) is 11.3 Å². The lowest BCUT2D eigenvalue weighted by Crippen LogP contribution is -2.22. The lowest BCUT2D eigenvalue weighted by Gasteiger charge is -2.08. The van der Waals surface area contributed by atoms with Crippen molar-refractivity contribution >= 4 is 22.9 Å². The van der Waals surface area contributed by atoms with E-state index in [9.17, 15) is 4.79 Å². The van der Waals surface area contributed by atoms with E-state index in [1.54, 1.807) is 29.5 Å². The van der Waals surface area contributed by atoms with Gasteiger partial charge in [0.25, 0.3) is 5.91 Å². The molecule has 5 heteroatoms. The minimum Gasteiger partial charge on any atom is -0.495 e. The number of amides is 1. The highest BCUT2D eigenvalue weighted by atomic mass is 32.1. The maximum atomic E-state index is 12.1. The Bertz CT molecular complexity index is 608. The molecule has 1 aromatic carbocycles. The first-order valence-electron chi connectivity index (χ1n) is 6.43. The summed E-state index contributed by atoms with van der Waals surface area (Å²) in [7, 11) is 1.53. The summed E-state index contributed by atoms with van der Waals surface area (Å²) >= 11 is 1.72. The molecule has 20 heavy (non-hydrogen) atoms. The van der Waals surface area contributed by atoms with Crippen molar-refractivity contribution in [1.29, 1.82) is 0 Å². The smallest absolute Gasteiger partial charge is 0.251 e. The number of carbonyl (C=O) groups is 1. The van der Waals surface area contributed by atoms with Crippen LogP contribution in [0, 0.1) is 0 Å². The van der Waals surface area contributed by atoms with Crippen molar-refractivity contribution in [2.45, 2.75) is 19.9 Å². The number of anilines is 1. The highest BCUT2D eigenvalue weighted by molar-refractivity contribution is 7.11. The fraction of sp³-hybridized carbons (Fsp3) is 0.267. The van der Waals surface area contributed by atoms with Crippen molar-refractivity contribution in [3.8, 4) is 5.75 Å². The number of carbonyl (C=O) groups excluding carboxylic acids is 1. The molecule has 0 unspecified atom stereocenters. The number of rotatable bonds is 5. The second kappa shape index (κ2) is 6.43. The van der Waals surface area contributed by atoms with Crippen LogP contribution in [0.1, 0.15) is 27.0 Å². The monoisotopic (exact) mass is 290 g/mol. The number of hydrogen-bond acceptors (Lipinski definition) is 4. The molecule has 0 aliphatic heterocycles. The van der Waals surface area contributed by atoms with Gasteiger partial charge in [0.2, 0.25) is 0 Å². The minimum absolute atomic E-state index is 0.130. The van der Waals surface area contributed by atoms with Gasteiger partial charge in [0, 0.05) is 15.3 Å². The molecule has 0 radical (unpaired) electrons. The molecular formula is C15H18N2O2S. The molecule has 2 aromatic rings. The van der Waals surface area contributed by atoms with E-state index in [1.165, 1.54) is 12.0 Å². The normalized spacial score (nSPS) is 10.3. The van der Waals surface area contributed by atoms with Crippen LogP contribution >= 0.6 is 11.3 Å². The molecule has 0 aliphatic carbocycles. The van der Waals surface area contributed by atoms with Gasteiger partial charge in [-0.1, -0.05) is 6.92 Å². The van der Waals surface area contributed by atoms with Crippen molar-refractivity contribution in [3.05, 3.63) is 45.6 Å². The van der Waals surface area contributed by atoms with Gasteiger partial charge in [0.05, 0.1) is 19.3 Å². The molecule has 4 nitrogen and oxygen atoms in total. The van der Waals surface area contributed by atoms with E-state index in [0.717, 1.165) is 11.3 Å². The maximum Gasteiger partial charge on any atom is 0.251 e. The molecule has 2 rings (SSSR count).